The topological polar surface area (TPSA) is 124 Å². The van der Waals surface area contributed by atoms with Gasteiger partial charge < -0.3 is 9.15 Å². The number of halogens is 1. The van der Waals surface area contributed by atoms with E-state index in [1.807, 2.05) is 0 Å². The van der Waals surface area contributed by atoms with Crippen molar-refractivity contribution in [3.05, 3.63) is 61.5 Å². The Bertz CT molecular complexity index is 1030. The highest BCUT2D eigenvalue weighted by Gasteiger charge is 2.28. The number of ether oxygens (including phenoxy) is 1. The van der Waals surface area contributed by atoms with Crippen LogP contribution < -0.4 is 5.43 Å². The molecule has 10 heteroatoms. The molecule has 1 aromatic carbocycles. The van der Waals surface area contributed by atoms with Crippen LogP contribution in [0.1, 0.15) is 57.6 Å². The van der Waals surface area contributed by atoms with Gasteiger partial charge in [-0.2, -0.15) is 5.10 Å². The fourth-order valence-corrected chi connectivity index (χ4v) is 3.33. The number of hydrogen-bond donors (Lipinski definition) is 1. The first-order chi connectivity index (χ1) is 13.8. The van der Waals surface area contributed by atoms with Crippen LogP contribution in [0.5, 0.6) is 0 Å². The minimum atomic E-state index is -0.663. The molecule has 3 rings (SSSR count). The minimum absolute atomic E-state index is 0.0533. The molecule has 0 radical (unpaired) electrons. The molecular formula is C19H18ClN3O6. The molecule has 0 fully saturated rings. The Hall–Kier alpha value is -3.20. The number of rotatable bonds is 5. The molecule has 1 aliphatic carbocycles. The second-order valence-corrected chi connectivity index (χ2v) is 6.76. The van der Waals surface area contributed by atoms with Crippen molar-refractivity contribution in [2.24, 2.45) is 5.10 Å². The Balaban J connectivity index is 1.86. The van der Waals surface area contributed by atoms with Gasteiger partial charge in [0.1, 0.15) is 10.8 Å². The van der Waals surface area contributed by atoms with E-state index in [-0.39, 0.29) is 28.6 Å². The summed E-state index contributed by atoms with van der Waals surface area (Å²) in [6.45, 7) is 3.67. The summed E-state index contributed by atoms with van der Waals surface area (Å²) in [7, 11) is 0. The number of amides is 1. The first-order valence-electron chi connectivity index (χ1n) is 8.94. The highest BCUT2D eigenvalue weighted by molar-refractivity contribution is 6.32. The van der Waals surface area contributed by atoms with E-state index in [1.54, 1.807) is 13.8 Å². The quantitative estimate of drug-likeness (QED) is 0.446. The predicted octanol–water partition coefficient (Wildman–Crippen LogP) is 3.80. The molecule has 152 valence electrons. The molecule has 0 saturated carbocycles. The summed E-state index contributed by atoms with van der Waals surface area (Å²) in [5.74, 6) is -0.412. The average molecular weight is 420 g/mol. The highest BCUT2D eigenvalue weighted by Crippen LogP contribution is 2.30. The number of esters is 1. The van der Waals surface area contributed by atoms with Crippen molar-refractivity contribution in [2.45, 2.75) is 33.1 Å². The predicted molar refractivity (Wildman–Crippen MR) is 104 cm³/mol. The Kier molecular flexibility index (Phi) is 5.97. The number of benzene rings is 1. The normalized spacial score (nSPS) is 14.4. The fraction of sp³-hybridized carbons (Fsp3) is 0.316. The van der Waals surface area contributed by atoms with Crippen molar-refractivity contribution in [2.75, 3.05) is 6.61 Å². The van der Waals surface area contributed by atoms with Gasteiger partial charge in [-0.25, -0.2) is 10.2 Å². The van der Waals surface area contributed by atoms with Gasteiger partial charge in [0.2, 0.25) is 5.76 Å². The highest BCUT2D eigenvalue weighted by atomic mass is 35.5. The van der Waals surface area contributed by atoms with Crippen LogP contribution in [0.25, 0.3) is 0 Å². The number of aryl methyl sites for hydroxylation is 1. The number of hydrazone groups is 1. The van der Waals surface area contributed by atoms with Gasteiger partial charge in [0.05, 0.1) is 17.2 Å². The smallest absolute Gasteiger partial charge is 0.374 e. The van der Waals surface area contributed by atoms with E-state index in [0.29, 0.717) is 35.4 Å². The van der Waals surface area contributed by atoms with E-state index >= 15 is 0 Å². The summed E-state index contributed by atoms with van der Waals surface area (Å²) in [6, 6.07) is 3.75. The summed E-state index contributed by atoms with van der Waals surface area (Å²) in [5.41, 5.74) is 3.96. The van der Waals surface area contributed by atoms with Crippen molar-refractivity contribution >= 4 is 34.9 Å². The summed E-state index contributed by atoms with van der Waals surface area (Å²) >= 11 is 5.77. The maximum atomic E-state index is 12.4. The molecule has 2 aromatic rings. The van der Waals surface area contributed by atoms with Crippen LogP contribution in [-0.2, 0) is 11.2 Å². The number of hydrogen-bond acceptors (Lipinski definition) is 7. The van der Waals surface area contributed by atoms with Crippen LogP contribution >= 0.6 is 11.6 Å². The third-order valence-electron chi connectivity index (χ3n) is 4.48. The Morgan fingerprint density at radius 2 is 2.14 bits per heavy atom. The van der Waals surface area contributed by atoms with E-state index < -0.39 is 16.8 Å². The maximum Gasteiger partial charge on any atom is 0.374 e. The van der Waals surface area contributed by atoms with Gasteiger partial charge in [-0.3, -0.25) is 14.9 Å². The monoisotopic (exact) mass is 419 g/mol. The summed E-state index contributed by atoms with van der Waals surface area (Å²) in [4.78, 5) is 34.8. The van der Waals surface area contributed by atoms with Gasteiger partial charge in [0, 0.05) is 29.2 Å². The van der Waals surface area contributed by atoms with E-state index in [1.165, 1.54) is 12.1 Å². The fourth-order valence-electron chi connectivity index (χ4n) is 3.15. The van der Waals surface area contributed by atoms with Crippen LogP contribution in [0.3, 0.4) is 0 Å². The minimum Gasteiger partial charge on any atom is -0.460 e. The number of fused-ring (bicyclic) bond motifs is 1. The molecule has 9 nitrogen and oxygen atoms in total. The SMILES string of the molecule is CCOC(=O)c1oc2c(c1C)/C(=N/NC(=O)c1ccc(Cl)c([N+](=O)[O-])c1)CCC2. The molecule has 0 atom stereocenters. The zero-order valence-corrected chi connectivity index (χ0v) is 16.5. The van der Waals surface area contributed by atoms with Gasteiger partial charge in [-0.1, -0.05) is 11.6 Å². The molecule has 0 unspecified atom stereocenters. The van der Waals surface area contributed by atoms with Crippen LogP contribution in [0, 0.1) is 17.0 Å². The molecule has 1 heterocycles. The number of carbonyl (C=O) groups is 2. The first-order valence-corrected chi connectivity index (χ1v) is 9.31. The summed E-state index contributed by atoms with van der Waals surface area (Å²) in [5, 5.41) is 15.1. The van der Waals surface area contributed by atoms with Gasteiger partial charge in [-0.15, -0.1) is 0 Å². The maximum absolute atomic E-state index is 12.4. The number of nitrogens with one attached hydrogen (secondary N) is 1. The second-order valence-electron chi connectivity index (χ2n) is 6.35. The van der Waals surface area contributed by atoms with Crippen molar-refractivity contribution in [1.29, 1.82) is 0 Å². The van der Waals surface area contributed by atoms with Crippen LogP contribution in [0.15, 0.2) is 27.7 Å². The van der Waals surface area contributed by atoms with Crippen LogP contribution in [0.2, 0.25) is 5.02 Å². The number of nitro groups is 1. The number of nitro benzene ring substituents is 1. The summed E-state index contributed by atoms with van der Waals surface area (Å²) < 4.78 is 10.7. The van der Waals surface area contributed by atoms with E-state index in [2.05, 4.69) is 10.5 Å². The lowest BCUT2D eigenvalue weighted by atomic mass is 9.93. The lowest BCUT2D eigenvalue weighted by Gasteiger charge is -2.13. The van der Waals surface area contributed by atoms with Crippen molar-refractivity contribution < 1.29 is 23.7 Å². The van der Waals surface area contributed by atoms with Crippen LogP contribution in [0.4, 0.5) is 5.69 Å². The molecule has 0 bridgehead atoms. The zero-order chi connectivity index (χ0) is 21.1. The largest absolute Gasteiger partial charge is 0.460 e. The van der Waals surface area contributed by atoms with Gasteiger partial charge in [-0.05, 0) is 38.8 Å². The van der Waals surface area contributed by atoms with Gasteiger partial charge >= 0.3 is 5.97 Å². The lowest BCUT2D eigenvalue weighted by molar-refractivity contribution is -0.384. The third-order valence-corrected chi connectivity index (χ3v) is 4.80. The number of nitrogens with zero attached hydrogens (tertiary/aromatic N) is 2. The summed E-state index contributed by atoms with van der Waals surface area (Å²) in [6.07, 6.45) is 1.96. The molecule has 1 aromatic heterocycles. The van der Waals surface area contributed by atoms with E-state index in [0.717, 1.165) is 12.5 Å². The van der Waals surface area contributed by atoms with Crippen molar-refractivity contribution in [3.8, 4) is 0 Å². The average Bonchev–Trinajstić information content (AvgIpc) is 3.04. The van der Waals surface area contributed by atoms with Crippen LogP contribution in [-0.4, -0.2) is 29.1 Å². The molecule has 1 amide bonds. The molecule has 29 heavy (non-hydrogen) atoms. The molecule has 0 spiro atoms. The molecule has 1 aliphatic rings. The van der Waals surface area contributed by atoms with E-state index in [9.17, 15) is 19.7 Å². The Morgan fingerprint density at radius 3 is 2.83 bits per heavy atom. The number of carbonyl (C=O) groups excluding carboxylic acids is 2. The van der Waals surface area contributed by atoms with Gasteiger partial charge in [0.25, 0.3) is 11.6 Å². The molecule has 1 N–H and O–H groups in total. The van der Waals surface area contributed by atoms with Crippen molar-refractivity contribution in [1.82, 2.24) is 5.43 Å². The molecular weight excluding hydrogens is 402 g/mol. The zero-order valence-electron chi connectivity index (χ0n) is 15.8. The Morgan fingerprint density at radius 1 is 1.38 bits per heavy atom. The first kappa shape index (κ1) is 20.5. The molecule has 0 aliphatic heterocycles. The van der Waals surface area contributed by atoms with Crippen molar-refractivity contribution in [3.63, 3.8) is 0 Å². The molecule has 0 saturated heterocycles. The lowest BCUT2D eigenvalue weighted by Crippen LogP contribution is -2.22. The second kappa shape index (κ2) is 8.44. The van der Waals surface area contributed by atoms with Gasteiger partial charge in [0.15, 0.2) is 0 Å². The standard InChI is InChI=1S/C19H18ClN3O6/c1-3-28-19(25)17-10(2)16-13(5-4-6-15(16)29-17)21-22-18(24)11-7-8-12(20)14(9-11)23(26)27/h7-9H,3-6H2,1-2H3,(H,22,24)/b21-13+. The Labute approximate surface area is 170 Å². The number of furan rings is 1. The van der Waals surface area contributed by atoms with E-state index in [4.69, 9.17) is 20.8 Å². The third kappa shape index (κ3) is 4.14.